The molecular weight excluding hydrogens is 310 g/mol. The van der Waals surface area contributed by atoms with Gasteiger partial charge >= 0.3 is 0 Å². The molecule has 2 heterocycles. The van der Waals surface area contributed by atoms with Crippen molar-refractivity contribution in [1.29, 1.82) is 0 Å². The average molecular weight is 336 g/mol. The Balaban J connectivity index is -0.0000000436. The third-order valence-corrected chi connectivity index (χ3v) is 2.30. The summed E-state index contributed by atoms with van der Waals surface area (Å²) < 4.78 is 0. The topological polar surface area (TPSA) is 97.9 Å². The van der Waals surface area contributed by atoms with Crippen LogP contribution in [0.2, 0.25) is 0 Å². The SMILES string of the molecule is C1C[NH2+]CC[NH2+]1.C1C[NH2+]CC[NH2+]1.O.[Cl-].[Cl-].[Cl-].[Cl-]. The zero-order valence-corrected chi connectivity index (χ0v) is 13.0. The Hall–Kier alpha value is 0.960. The van der Waals surface area contributed by atoms with Crippen molar-refractivity contribution in [2.75, 3.05) is 52.4 Å². The molecule has 0 aromatic heterocycles. The lowest BCUT2D eigenvalue weighted by Gasteiger charge is -2.04. The molecule has 2 saturated heterocycles. The van der Waals surface area contributed by atoms with Crippen molar-refractivity contribution in [2.45, 2.75) is 0 Å². The van der Waals surface area contributed by atoms with E-state index in [1.807, 2.05) is 0 Å². The van der Waals surface area contributed by atoms with Gasteiger partial charge in [0.05, 0.1) is 0 Å². The first kappa shape index (κ1) is 30.8. The summed E-state index contributed by atoms with van der Waals surface area (Å²) in [6.45, 7) is 10.6. The Morgan fingerprint density at radius 3 is 0.529 bits per heavy atom. The molecule has 0 radical (unpaired) electrons. The van der Waals surface area contributed by atoms with Crippen molar-refractivity contribution in [3.05, 3.63) is 0 Å². The summed E-state index contributed by atoms with van der Waals surface area (Å²) in [5.74, 6) is 0. The van der Waals surface area contributed by atoms with Crippen LogP contribution in [0.3, 0.4) is 0 Å². The quantitative estimate of drug-likeness (QED) is 0.338. The van der Waals surface area contributed by atoms with Gasteiger partial charge in [-0.1, -0.05) is 0 Å². The highest BCUT2D eigenvalue weighted by molar-refractivity contribution is 4.23. The third kappa shape index (κ3) is 22.6. The molecule has 0 bridgehead atoms. The second kappa shape index (κ2) is 25.7. The fourth-order valence-corrected chi connectivity index (χ4v) is 1.52. The minimum absolute atomic E-state index is 0. The van der Waals surface area contributed by atoms with Crippen molar-refractivity contribution < 1.29 is 76.4 Å². The van der Waals surface area contributed by atoms with Gasteiger partial charge in [-0.2, -0.15) is 0 Å². The largest absolute Gasteiger partial charge is 1.00 e. The van der Waals surface area contributed by atoms with E-state index in [9.17, 15) is 0 Å². The maximum atomic E-state index is 2.36. The zero-order valence-electron chi connectivity index (χ0n) is 9.98. The Labute approximate surface area is 129 Å². The smallest absolute Gasteiger partial charge is 0.125 e. The lowest BCUT2D eigenvalue weighted by Crippen LogP contribution is -3.04. The molecule has 5 nitrogen and oxygen atoms in total. The van der Waals surface area contributed by atoms with Gasteiger partial charge in [0, 0.05) is 0 Å². The number of hydrogen-bond acceptors (Lipinski definition) is 0. The van der Waals surface area contributed by atoms with Gasteiger partial charge in [0.25, 0.3) is 0 Å². The molecular formula is C8H26Cl4N4O. The first-order valence-electron chi connectivity index (χ1n) is 5.27. The number of piperazine rings is 2. The van der Waals surface area contributed by atoms with Crippen molar-refractivity contribution in [3.63, 3.8) is 0 Å². The van der Waals surface area contributed by atoms with Crippen LogP contribution in [-0.2, 0) is 0 Å². The van der Waals surface area contributed by atoms with E-state index in [0.717, 1.165) is 0 Å². The van der Waals surface area contributed by atoms with E-state index in [1.54, 1.807) is 0 Å². The van der Waals surface area contributed by atoms with Gasteiger partial charge in [-0.05, 0) is 0 Å². The molecule has 0 amide bonds. The summed E-state index contributed by atoms with van der Waals surface area (Å²) in [5.41, 5.74) is 0. The van der Waals surface area contributed by atoms with E-state index in [4.69, 9.17) is 0 Å². The fraction of sp³-hybridized carbons (Fsp3) is 1.00. The van der Waals surface area contributed by atoms with Crippen LogP contribution < -0.4 is 70.9 Å². The molecule has 112 valence electrons. The monoisotopic (exact) mass is 334 g/mol. The van der Waals surface area contributed by atoms with Gasteiger partial charge in [-0.25, -0.2) is 0 Å². The molecule has 10 N–H and O–H groups in total. The van der Waals surface area contributed by atoms with Crippen LogP contribution in [0.15, 0.2) is 0 Å². The van der Waals surface area contributed by atoms with Crippen LogP contribution in [0.1, 0.15) is 0 Å². The number of halogens is 4. The molecule has 9 heteroatoms. The van der Waals surface area contributed by atoms with E-state index >= 15 is 0 Å². The van der Waals surface area contributed by atoms with Crippen molar-refractivity contribution in [3.8, 4) is 0 Å². The minimum atomic E-state index is 0. The first-order chi connectivity index (χ1) is 6.00. The number of rotatable bonds is 0. The predicted molar refractivity (Wildman–Crippen MR) is 50.3 cm³/mol. The number of hydrogen-bond donors (Lipinski definition) is 4. The van der Waals surface area contributed by atoms with Crippen LogP contribution in [-0.4, -0.2) is 57.8 Å². The van der Waals surface area contributed by atoms with E-state index in [0.29, 0.717) is 0 Å². The van der Waals surface area contributed by atoms with Crippen molar-refractivity contribution in [2.24, 2.45) is 0 Å². The van der Waals surface area contributed by atoms with Crippen LogP contribution in [0.25, 0.3) is 0 Å². The normalized spacial score (nSPS) is 16.9. The van der Waals surface area contributed by atoms with E-state index in [2.05, 4.69) is 21.3 Å². The molecule has 0 saturated carbocycles. The highest BCUT2D eigenvalue weighted by Gasteiger charge is 2.00. The molecule has 2 rings (SSSR count). The molecule has 0 aromatic rings. The van der Waals surface area contributed by atoms with E-state index in [-0.39, 0.29) is 55.1 Å². The summed E-state index contributed by atoms with van der Waals surface area (Å²) in [6.07, 6.45) is 0. The van der Waals surface area contributed by atoms with Gasteiger partial charge in [0.2, 0.25) is 0 Å². The van der Waals surface area contributed by atoms with Gasteiger partial charge in [-0.3, -0.25) is 0 Å². The van der Waals surface area contributed by atoms with Crippen molar-refractivity contribution >= 4 is 0 Å². The highest BCUT2D eigenvalue weighted by atomic mass is 35.5. The molecule has 0 atom stereocenters. The van der Waals surface area contributed by atoms with Crippen LogP contribution in [0, 0.1) is 0 Å². The van der Waals surface area contributed by atoms with Gasteiger partial charge in [0.15, 0.2) is 0 Å². The maximum Gasteiger partial charge on any atom is 0.125 e. The molecule has 2 aliphatic rings. The first-order valence-corrected chi connectivity index (χ1v) is 5.27. The molecule has 0 aromatic carbocycles. The highest BCUT2D eigenvalue weighted by Crippen LogP contribution is 1.40. The molecule has 17 heavy (non-hydrogen) atoms. The summed E-state index contributed by atoms with van der Waals surface area (Å²) >= 11 is 0. The standard InChI is InChI=1S/2C4H10N2.4ClH.H2O/c2*1-2-6-4-3-5-1;;;;;/h2*5-6H,1-4H2;4*1H;1H2. The van der Waals surface area contributed by atoms with E-state index in [1.165, 1.54) is 52.4 Å². The van der Waals surface area contributed by atoms with Crippen LogP contribution >= 0.6 is 0 Å². The van der Waals surface area contributed by atoms with Gasteiger partial charge in [0.1, 0.15) is 52.4 Å². The van der Waals surface area contributed by atoms with Crippen LogP contribution in [0.5, 0.6) is 0 Å². The Morgan fingerprint density at radius 2 is 0.471 bits per heavy atom. The fourth-order valence-electron chi connectivity index (χ4n) is 1.52. The predicted octanol–water partition coefficient (Wildman–Crippen LogP) is -18.6. The van der Waals surface area contributed by atoms with Crippen LogP contribution in [0.4, 0.5) is 0 Å². The van der Waals surface area contributed by atoms with Gasteiger partial charge < -0.3 is 76.4 Å². The summed E-state index contributed by atoms with van der Waals surface area (Å²) in [6, 6.07) is 0. The maximum absolute atomic E-state index is 2.36. The summed E-state index contributed by atoms with van der Waals surface area (Å²) in [4.78, 5) is 0. The Kier molecular flexibility index (Phi) is 46.5. The van der Waals surface area contributed by atoms with Gasteiger partial charge in [-0.15, -0.1) is 0 Å². The lowest BCUT2D eigenvalue weighted by atomic mass is 10.4. The number of quaternary nitrogens is 4. The van der Waals surface area contributed by atoms with Crippen molar-refractivity contribution in [1.82, 2.24) is 0 Å². The second-order valence-corrected chi connectivity index (χ2v) is 3.46. The molecule has 2 aliphatic heterocycles. The number of nitrogens with two attached hydrogens (primary N) is 4. The molecule has 0 aliphatic carbocycles. The molecule has 2 fully saturated rings. The summed E-state index contributed by atoms with van der Waals surface area (Å²) in [5, 5.41) is 9.44. The minimum Gasteiger partial charge on any atom is -1.00 e. The summed E-state index contributed by atoms with van der Waals surface area (Å²) in [7, 11) is 0. The van der Waals surface area contributed by atoms with E-state index < -0.39 is 0 Å². The third-order valence-electron chi connectivity index (χ3n) is 2.30. The molecule has 0 unspecified atom stereocenters. The lowest BCUT2D eigenvalue weighted by molar-refractivity contribution is -0.787. The average Bonchev–Trinajstić information content (AvgIpc) is 2.24. The Morgan fingerprint density at radius 1 is 0.353 bits per heavy atom. The molecule has 0 spiro atoms. The Bertz CT molecular complexity index is 72.5. The second-order valence-electron chi connectivity index (χ2n) is 3.46. The zero-order chi connectivity index (χ0) is 8.49.